The topological polar surface area (TPSA) is 259 Å². The summed E-state index contributed by atoms with van der Waals surface area (Å²) in [7, 11) is 10.1. The Hall–Kier alpha value is -9.07. The van der Waals surface area contributed by atoms with E-state index in [9.17, 15) is 24.0 Å². The number of hydrazone groups is 2. The first-order valence-corrected chi connectivity index (χ1v) is 20.5. The van der Waals surface area contributed by atoms with Crippen molar-refractivity contribution in [2.45, 2.75) is 12.8 Å². The van der Waals surface area contributed by atoms with Crippen LogP contribution in [0.1, 0.15) is 33.6 Å². The highest BCUT2D eigenvalue weighted by atomic mass is 16.1. The van der Waals surface area contributed by atoms with Crippen LogP contribution in [0.2, 0.25) is 0 Å². The molecule has 0 aliphatic heterocycles. The number of carbonyl (C=O) groups excluding carboxylic acids is 3. The molecule has 0 aliphatic carbocycles. The van der Waals surface area contributed by atoms with Crippen molar-refractivity contribution in [3.63, 3.8) is 0 Å². The Balaban J connectivity index is 0.000000225. The van der Waals surface area contributed by atoms with Gasteiger partial charge in [-0.2, -0.15) is 10.2 Å². The molecule has 8 aromatic rings. The van der Waals surface area contributed by atoms with E-state index in [1.54, 1.807) is 54.7 Å². The summed E-state index contributed by atoms with van der Waals surface area (Å²) in [5.74, 6) is 0.394. The number of anilines is 2. The summed E-state index contributed by atoms with van der Waals surface area (Å²) in [5.41, 5.74) is 11.5. The van der Waals surface area contributed by atoms with E-state index < -0.39 is 0 Å². The first kappa shape index (κ1) is 50.6. The summed E-state index contributed by atoms with van der Waals surface area (Å²) in [6.45, 7) is 0. The zero-order valence-electron chi connectivity index (χ0n) is 37.9. The Labute approximate surface area is 385 Å². The Kier molecular flexibility index (Phi) is 20.5. The van der Waals surface area contributed by atoms with Gasteiger partial charge in [-0.15, -0.1) is 20.4 Å². The molecule has 3 amide bonds. The standard InChI is InChI=1S/2C19H16N6O.3C3H7NO/c2*26-18-17(10-13-6-2-1-3-7-13)23-25-19(22-18)24-21-12-14-11-20-16-9-5-4-8-15(14)16;3*1-4(2)3-5/h2*1-9,11-12,20H,10H2,(H2,22,24,25,26);3*3H,1-2H3/b2*21-12+;;;. The van der Waals surface area contributed by atoms with Gasteiger partial charge in [0.05, 0.1) is 12.4 Å². The summed E-state index contributed by atoms with van der Waals surface area (Å²) in [6.07, 6.45) is 10.2. The van der Waals surface area contributed by atoms with Gasteiger partial charge in [0.1, 0.15) is 11.4 Å². The van der Waals surface area contributed by atoms with E-state index in [2.05, 4.69) is 61.4 Å². The molecule has 0 saturated carbocycles. The largest absolute Gasteiger partial charge is 0.361 e. The normalized spacial score (nSPS) is 10.2. The van der Waals surface area contributed by atoms with Gasteiger partial charge in [-0.1, -0.05) is 97.1 Å². The molecule has 4 aromatic heterocycles. The number of hydrogen-bond donors (Lipinski definition) is 6. The van der Waals surface area contributed by atoms with Gasteiger partial charge in [0.15, 0.2) is 0 Å². The monoisotopic (exact) mass is 907 g/mol. The molecule has 4 heterocycles. The SMILES string of the molecule is CN(C)C=O.CN(C)C=O.CN(C)C=O.O=c1[nH]c(N/N=C/c2c[nH]c3ccccc23)nnc1Cc1ccccc1.O=c1[nH]c(N/N=C/c2c[nH]c3ccccc23)nnc1Cc1ccccc1. The van der Waals surface area contributed by atoms with Gasteiger partial charge in [0.25, 0.3) is 11.1 Å². The maximum Gasteiger partial charge on any atom is 0.274 e. The lowest BCUT2D eigenvalue weighted by molar-refractivity contribution is -0.116. The molecule has 8 rings (SSSR count). The second-order valence-corrected chi connectivity index (χ2v) is 14.7. The van der Waals surface area contributed by atoms with Crippen molar-refractivity contribution in [3.8, 4) is 0 Å². The fourth-order valence-electron chi connectivity index (χ4n) is 5.36. The lowest BCUT2D eigenvalue weighted by atomic mass is 10.1. The van der Waals surface area contributed by atoms with E-state index in [0.29, 0.717) is 24.2 Å². The third-order valence-electron chi connectivity index (χ3n) is 8.58. The van der Waals surface area contributed by atoms with Gasteiger partial charge < -0.3 is 24.7 Å². The van der Waals surface area contributed by atoms with Gasteiger partial charge in [-0.25, -0.2) is 10.9 Å². The van der Waals surface area contributed by atoms with Crippen molar-refractivity contribution in [2.75, 3.05) is 53.1 Å². The van der Waals surface area contributed by atoms with Crippen molar-refractivity contribution in [2.24, 2.45) is 10.2 Å². The van der Waals surface area contributed by atoms with Crippen LogP contribution in [0.25, 0.3) is 21.8 Å². The van der Waals surface area contributed by atoms with Gasteiger partial charge in [-0.05, 0) is 23.3 Å². The lowest BCUT2D eigenvalue weighted by Gasteiger charge is -2.01. The van der Waals surface area contributed by atoms with Crippen LogP contribution in [0.3, 0.4) is 0 Å². The highest BCUT2D eigenvalue weighted by Gasteiger charge is 2.07. The second-order valence-electron chi connectivity index (χ2n) is 14.7. The number of nitrogens with one attached hydrogen (secondary N) is 6. The molecule has 0 fully saturated rings. The highest BCUT2D eigenvalue weighted by molar-refractivity contribution is 5.99. The van der Waals surface area contributed by atoms with Crippen molar-refractivity contribution < 1.29 is 14.4 Å². The van der Waals surface area contributed by atoms with Crippen molar-refractivity contribution in [1.29, 1.82) is 0 Å². The summed E-state index contributed by atoms with van der Waals surface area (Å²) < 4.78 is 0. The van der Waals surface area contributed by atoms with Gasteiger partial charge in [0.2, 0.25) is 31.1 Å². The molecule has 0 radical (unpaired) electrons. The fourth-order valence-corrected chi connectivity index (χ4v) is 5.36. The van der Waals surface area contributed by atoms with E-state index in [-0.39, 0.29) is 23.0 Å². The molecule has 4 aromatic carbocycles. The van der Waals surface area contributed by atoms with Crippen molar-refractivity contribution in [1.82, 2.24) is 55.0 Å². The van der Waals surface area contributed by atoms with Gasteiger partial charge in [-0.3, -0.25) is 33.9 Å². The molecule has 0 unspecified atom stereocenters. The van der Waals surface area contributed by atoms with E-state index in [0.717, 1.165) is 63.3 Å². The number of carbonyl (C=O) groups is 3. The van der Waals surface area contributed by atoms with Crippen LogP contribution in [-0.2, 0) is 27.2 Å². The number of nitrogens with zero attached hydrogens (tertiary/aromatic N) is 9. The lowest BCUT2D eigenvalue weighted by Crippen LogP contribution is -2.18. The molecule has 20 nitrogen and oxygen atoms in total. The number of amides is 3. The molecule has 67 heavy (non-hydrogen) atoms. The average molecular weight is 908 g/mol. The van der Waals surface area contributed by atoms with Crippen LogP contribution < -0.4 is 22.0 Å². The molecular formula is C47H53N15O5. The predicted molar refractivity (Wildman–Crippen MR) is 262 cm³/mol. The zero-order valence-corrected chi connectivity index (χ0v) is 37.9. The van der Waals surface area contributed by atoms with Crippen LogP contribution in [0.5, 0.6) is 0 Å². The number of benzene rings is 4. The van der Waals surface area contributed by atoms with E-state index in [1.165, 1.54) is 14.7 Å². The Morgan fingerprint density at radius 3 is 1.15 bits per heavy atom. The summed E-state index contributed by atoms with van der Waals surface area (Å²) in [5, 5.41) is 26.3. The minimum Gasteiger partial charge on any atom is -0.361 e. The quantitative estimate of drug-likeness (QED) is 0.0534. The van der Waals surface area contributed by atoms with Crippen LogP contribution in [-0.4, -0.2) is 129 Å². The van der Waals surface area contributed by atoms with Crippen LogP contribution >= 0.6 is 0 Å². The summed E-state index contributed by atoms with van der Waals surface area (Å²) >= 11 is 0. The molecule has 0 atom stereocenters. The maximum absolute atomic E-state index is 12.2. The number of H-pyrrole nitrogens is 4. The minimum absolute atomic E-state index is 0.197. The van der Waals surface area contributed by atoms with Crippen molar-refractivity contribution in [3.05, 3.63) is 176 Å². The highest BCUT2D eigenvalue weighted by Crippen LogP contribution is 2.17. The third-order valence-corrected chi connectivity index (χ3v) is 8.58. The smallest absolute Gasteiger partial charge is 0.274 e. The summed E-state index contributed by atoms with van der Waals surface area (Å²) in [6, 6.07) is 35.2. The number of aromatic amines is 4. The second kappa shape index (κ2) is 27.2. The number of rotatable bonds is 13. The molecule has 20 heteroatoms. The molecule has 6 N–H and O–H groups in total. The van der Waals surface area contributed by atoms with Crippen LogP contribution in [0, 0.1) is 0 Å². The van der Waals surface area contributed by atoms with Crippen LogP contribution in [0.15, 0.2) is 141 Å². The van der Waals surface area contributed by atoms with E-state index in [1.807, 2.05) is 122 Å². The van der Waals surface area contributed by atoms with E-state index in [4.69, 9.17) is 0 Å². The number of hydrogen-bond acceptors (Lipinski definition) is 13. The molecule has 0 bridgehead atoms. The number of fused-ring (bicyclic) bond motifs is 2. The Bertz CT molecular complexity index is 2720. The van der Waals surface area contributed by atoms with Crippen LogP contribution in [0.4, 0.5) is 11.9 Å². The first-order valence-electron chi connectivity index (χ1n) is 20.5. The first-order chi connectivity index (χ1) is 32.4. The van der Waals surface area contributed by atoms with E-state index >= 15 is 0 Å². The fraction of sp³-hybridized carbons (Fsp3) is 0.170. The molecular weight excluding hydrogens is 855 g/mol. The minimum atomic E-state index is -0.284. The van der Waals surface area contributed by atoms with Crippen molar-refractivity contribution >= 4 is 65.4 Å². The Morgan fingerprint density at radius 2 is 0.821 bits per heavy atom. The summed E-state index contributed by atoms with van der Waals surface area (Å²) in [4.78, 5) is 68.6. The predicted octanol–water partition coefficient (Wildman–Crippen LogP) is 4.48. The number of para-hydroxylation sites is 2. The van der Waals surface area contributed by atoms with Gasteiger partial charge >= 0.3 is 0 Å². The third kappa shape index (κ3) is 17.6. The molecule has 0 saturated heterocycles. The molecule has 0 aliphatic rings. The van der Waals surface area contributed by atoms with Gasteiger partial charge in [0, 0.05) is 100 Å². The molecule has 0 spiro atoms. The Morgan fingerprint density at radius 1 is 0.493 bits per heavy atom. The maximum atomic E-state index is 12.2. The molecule has 346 valence electrons. The average Bonchev–Trinajstić information content (AvgIpc) is 3.96. The number of aromatic nitrogens is 8. The zero-order chi connectivity index (χ0) is 48.4.